The number of benzene rings is 1. The van der Waals surface area contributed by atoms with Crippen LogP contribution in [0.4, 0.5) is 5.82 Å². The Labute approximate surface area is 176 Å². The van der Waals surface area contributed by atoms with Crippen LogP contribution in [0.2, 0.25) is 10.0 Å². The Kier molecular flexibility index (Phi) is 5.06. The zero-order chi connectivity index (χ0) is 20.7. The van der Waals surface area contributed by atoms with Crippen molar-refractivity contribution in [3.63, 3.8) is 0 Å². The van der Waals surface area contributed by atoms with Crippen LogP contribution in [0.5, 0.6) is 0 Å². The van der Waals surface area contributed by atoms with E-state index >= 15 is 0 Å². The predicted octanol–water partition coefficient (Wildman–Crippen LogP) is 2.90. The Hall–Kier alpha value is -2.84. The number of carbonyl (C=O) groups excluding carboxylic acids is 1. The van der Waals surface area contributed by atoms with E-state index in [1.54, 1.807) is 40.3 Å². The van der Waals surface area contributed by atoms with Crippen molar-refractivity contribution in [2.24, 2.45) is 0 Å². The summed E-state index contributed by atoms with van der Waals surface area (Å²) in [6, 6.07) is 4.17. The van der Waals surface area contributed by atoms with E-state index in [4.69, 9.17) is 23.2 Å². The highest BCUT2D eigenvalue weighted by atomic mass is 35.5. The average molecular weight is 434 g/mol. The van der Waals surface area contributed by atoms with Crippen LogP contribution in [0.15, 0.2) is 36.9 Å². The number of carboxylic acid groups (broad SMARTS) is 1. The molecule has 0 radical (unpaired) electrons. The molecule has 29 heavy (non-hydrogen) atoms. The monoisotopic (exact) mass is 433 g/mol. The number of aromatic nitrogens is 3. The number of hydrogen-bond donors (Lipinski definition) is 2. The van der Waals surface area contributed by atoms with Gasteiger partial charge in [0.1, 0.15) is 11.9 Å². The van der Waals surface area contributed by atoms with Crippen molar-refractivity contribution in [2.75, 3.05) is 11.4 Å². The number of hydrogen-bond acceptors (Lipinski definition) is 5. The molecule has 2 N–H and O–H groups in total. The minimum Gasteiger partial charge on any atom is -0.480 e. The van der Waals surface area contributed by atoms with Crippen LogP contribution >= 0.6 is 23.2 Å². The second kappa shape index (κ2) is 7.53. The van der Waals surface area contributed by atoms with E-state index in [1.807, 2.05) is 6.07 Å². The molecule has 1 aliphatic rings. The van der Waals surface area contributed by atoms with Gasteiger partial charge in [0.15, 0.2) is 0 Å². The Morgan fingerprint density at radius 1 is 1.31 bits per heavy atom. The molecule has 3 aromatic rings. The first-order valence-electron chi connectivity index (χ1n) is 8.88. The molecule has 3 heterocycles. The first kappa shape index (κ1) is 19.5. The van der Waals surface area contributed by atoms with E-state index in [0.29, 0.717) is 22.9 Å². The molecule has 8 nitrogen and oxygen atoms in total. The summed E-state index contributed by atoms with van der Waals surface area (Å²) in [6.45, 7) is 1.72. The third kappa shape index (κ3) is 3.61. The molecule has 4 rings (SSSR count). The van der Waals surface area contributed by atoms with Crippen molar-refractivity contribution < 1.29 is 14.7 Å². The lowest BCUT2D eigenvalue weighted by atomic mass is 10.1. The molecule has 1 fully saturated rings. The van der Waals surface area contributed by atoms with E-state index in [9.17, 15) is 14.7 Å². The molecule has 1 aliphatic heterocycles. The van der Waals surface area contributed by atoms with Gasteiger partial charge in [0, 0.05) is 49.8 Å². The second-order valence-corrected chi connectivity index (χ2v) is 7.65. The summed E-state index contributed by atoms with van der Waals surface area (Å²) >= 11 is 12.6. The standard InChI is InChI=1S/C19H17Cl2N5O3/c1-10(27)23-11-6-15(19(28)29)26(8-11)16-7-14(25-5-4-22-9-25)12-2-3-13(20)17(21)18(12)24-16/h2-5,7,9,11,15H,6,8H2,1H3,(H,23,27)(H,28,29)/t11-,15+/m1/s1. The fourth-order valence-electron chi connectivity index (χ4n) is 3.68. The maximum atomic E-state index is 11.9. The van der Waals surface area contributed by atoms with Gasteiger partial charge >= 0.3 is 5.97 Å². The van der Waals surface area contributed by atoms with Crippen molar-refractivity contribution in [3.8, 4) is 5.69 Å². The smallest absolute Gasteiger partial charge is 0.326 e. The topological polar surface area (TPSA) is 100 Å². The molecule has 2 aromatic heterocycles. The third-order valence-electron chi connectivity index (χ3n) is 4.91. The number of carboxylic acids is 1. The van der Waals surface area contributed by atoms with Crippen LogP contribution < -0.4 is 10.2 Å². The number of anilines is 1. The van der Waals surface area contributed by atoms with E-state index < -0.39 is 12.0 Å². The first-order chi connectivity index (χ1) is 13.8. The van der Waals surface area contributed by atoms with Gasteiger partial charge in [-0.3, -0.25) is 4.79 Å². The number of imidazole rings is 1. The fourth-order valence-corrected chi connectivity index (χ4v) is 4.04. The molecule has 0 unspecified atom stereocenters. The van der Waals surface area contributed by atoms with Gasteiger partial charge in [-0.25, -0.2) is 14.8 Å². The summed E-state index contributed by atoms with van der Waals surface area (Å²) in [5, 5.41) is 13.9. The normalized spacial score (nSPS) is 18.9. The van der Waals surface area contributed by atoms with Gasteiger partial charge in [-0.05, 0) is 12.1 Å². The number of amides is 1. The molecule has 2 atom stereocenters. The van der Waals surface area contributed by atoms with Crippen molar-refractivity contribution in [2.45, 2.75) is 25.4 Å². The number of fused-ring (bicyclic) bond motifs is 1. The maximum Gasteiger partial charge on any atom is 0.326 e. The molecular formula is C19H17Cl2N5O3. The van der Waals surface area contributed by atoms with Gasteiger partial charge < -0.3 is 19.9 Å². The zero-order valence-corrected chi connectivity index (χ0v) is 16.9. The van der Waals surface area contributed by atoms with Crippen LogP contribution in [0.1, 0.15) is 13.3 Å². The van der Waals surface area contributed by atoms with E-state index in [1.165, 1.54) is 6.92 Å². The number of nitrogens with one attached hydrogen (secondary N) is 1. The largest absolute Gasteiger partial charge is 0.480 e. The summed E-state index contributed by atoms with van der Waals surface area (Å²) in [7, 11) is 0. The molecule has 10 heteroatoms. The molecular weight excluding hydrogens is 417 g/mol. The molecule has 0 aliphatic carbocycles. The molecule has 150 valence electrons. The van der Waals surface area contributed by atoms with Crippen LogP contribution in [-0.2, 0) is 9.59 Å². The Morgan fingerprint density at radius 3 is 2.76 bits per heavy atom. The highest BCUT2D eigenvalue weighted by Gasteiger charge is 2.38. The molecule has 0 saturated carbocycles. The van der Waals surface area contributed by atoms with Crippen molar-refractivity contribution >= 4 is 51.8 Å². The van der Waals surface area contributed by atoms with Gasteiger partial charge in [0.25, 0.3) is 0 Å². The molecule has 0 bridgehead atoms. The van der Waals surface area contributed by atoms with Gasteiger partial charge in [0.2, 0.25) is 5.91 Å². The quantitative estimate of drug-likeness (QED) is 0.655. The van der Waals surface area contributed by atoms with Gasteiger partial charge in [-0.2, -0.15) is 0 Å². The number of halogens is 2. The number of rotatable bonds is 4. The minimum atomic E-state index is -0.985. The van der Waals surface area contributed by atoms with Crippen LogP contribution in [0.3, 0.4) is 0 Å². The molecule has 1 saturated heterocycles. The molecule has 1 aromatic carbocycles. The van der Waals surface area contributed by atoms with E-state index in [0.717, 1.165) is 11.1 Å². The van der Waals surface area contributed by atoms with E-state index in [2.05, 4.69) is 15.3 Å². The number of pyridine rings is 1. The van der Waals surface area contributed by atoms with Gasteiger partial charge in [-0.15, -0.1) is 0 Å². The SMILES string of the molecule is CC(=O)N[C@@H]1C[C@@H](C(=O)O)N(c2cc(-n3ccnc3)c3ccc(Cl)c(Cl)c3n2)C1. The lowest BCUT2D eigenvalue weighted by Crippen LogP contribution is -2.37. The third-order valence-corrected chi connectivity index (χ3v) is 5.70. The predicted molar refractivity (Wildman–Crippen MR) is 110 cm³/mol. The first-order valence-corrected chi connectivity index (χ1v) is 9.64. The van der Waals surface area contributed by atoms with Crippen LogP contribution in [-0.4, -0.2) is 50.1 Å². The average Bonchev–Trinajstić information content (AvgIpc) is 3.33. The second-order valence-electron chi connectivity index (χ2n) is 6.87. The Balaban J connectivity index is 1.88. The van der Waals surface area contributed by atoms with Crippen molar-refractivity contribution in [3.05, 3.63) is 47.0 Å². The summed E-state index contributed by atoms with van der Waals surface area (Å²) in [6.07, 6.45) is 5.34. The Morgan fingerprint density at radius 2 is 2.10 bits per heavy atom. The summed E-state index contributed by atoms with van der Waals surface area (Å²) in [4.78, 5) is 33.7. The summed E-state index contributed by atoms with van der Waals surface area (Å²) in [5.74, 6) is -0.756. The highest BCUT2D eigenvalue weighted by molar-refractivity contribution is 6.45. The maximum absolute atomic E-state index is 11.9. The lowest BCUT2D eigenvalue weighted by molar-refractivity contribution is -0.138. The van der Waals surface area contributed by atoms with Crippen LogP contribution in [0.25, 0.3) is 16.6 Å². The van der Waals surface area contributed by atoms with Crippen molar-refractivity contribution in [1.29, 1.82) is 0 Å². The van der Waals surface area contributed by atoms with E-state index in [-0.39, 0.29) is 23.4 Å². The zero-order valence-electron chi connectivity index (χ0n) is 15.3. The van der Waals surface area contributed by atoms with Gasteiger partial charge in [0.05, 0.1) is 27.6 Å². The van der Waals surface area contributed by atoms with Crippen molar-refractivity contribution in [1.82, 2.24) is 19.9 Å². The minimum absolute atomic E-state index is 0.207. The van der Waals surface area contributed by atoms with Gasteiger partial charge in [-0.1, -0.05) is 23.2 Å². The molecule has 1 amide bonds. The molecule has 0 spiro atoms. The lowest BCUT2D eigenvalue weighted by Gasteiger charge is -2.24. The summed E-state index contributed by atoms with van der Waals surface area (Å²) < 4.78 is 1.80. The Bertz CT molecular complexity index is 1100. The summed E-state index contributed by atoms with van der Waals surface area (Å²) in [5.41, 5.74) is 1.21. The van der Waals surface area contributed by atoms with Crippen LogP contribution in [0, 0.1) is 0 Å². The highest BCUT2D eigenvalue weighted by Crippen LogP contribution is 2.36. The number of nitrogens with zero attached hydrogens (tertiary/aromatic N) is 4. The fraction of sp³-hybridized carbons (Fsp3) is 0.263. The number of carbonyl (C=O) groups is 2. The number of aliphatic carboxylic acids is 1.